The Balaban J connectivity index is 2.03. The molecule has 1 unspecified atom stereocenters. The number of amides is 1. The minimum absolute atomic E-state index is 0.110. The van der Waals surface area contributed by atoms with Gasteiger partial charge in [0, 0.05) is 30.1 Å². The molecule has 1 atom stereocenters. The van der Waals surface area contributed by atoms with Crippen LogP contribution >= 0.6 is 11.6 Å². The second-order valence-electron chi connectivity index (χ2n) is 5.35. The second-order valence-corrected chi connectivity index (χ2v) is 5.79. The topological polar surface area (TPSA) is 57.6 Å². The highest BCUT2D eigenvalue weighted by Crippen LogP contribution is 2.23. The van der Waals surface area contributed by atoms with Gasteiger partial charge in [-0.2, -0.15) is 0 Å². The molecule has 1 fully saturated rings. The maximum atomic E-state index is 13.3. The van der Waals surface area contributed by atoms with Crippen molar-refractivity contribution in [1.82, 2.24) is 4.90 Å². The van der Waals surface area contributed by atoms with Crippen molar-refractivity contribution < 1.29 is 19.1 Å². The molecule has 1 heterocycles. The van der Waals surface area contributed by atoms with Crippen molar-refractivity contribution >= 4 is 23.5 Å². The summed E-state index contributed by atoms with van der Waals surface area (Å²) in [6.07, 6.45) is 2.42. The van der Waals surface area contributed by atoms with Crippen molar-refractivity contribution in [2.75, 3.05) is 13.1 Å². The van der Waals surface area contributed by atoms with Gasteiger partial charge in [-0.1, -0.05) is 11.6 Å². The molecule has 0 radical (unpaired) electrons. The molecular weight excluding hydrogens is 297 g/mol. The zero-order valence-corrected chi connectivity index (χ0v) is 12.3. The highest BCUT2D eigenvalue weighted by Gasteiger charge is 2.25. The van der Waals surface area contributed by atoms with Crippen molar-refractivity contribution in [3.8, 4) is 0 Å². The molecule has 0 spiro atoms. The summed E-state index contributed by atoms with van der Waals surface area (Å²) >= 11 is 5.77. The number of carboxylic acid groups (broad SMARTS) is 1. The number of rotatable bonds is 4. The van der Waals surface area contributed by atoms with Crippen LogP contribution in [-0.2, 0) is 4.79 Å². The molecule has 1 saturated heterocycles. The van der Waals surface area contributed by atoms with Gasteiger partial charge in [-0.3, -0.25) is 9.59 Å². The summed E-state index contributed by atoms with van der Waals surface area (Å²) in [7, 11) is 0. The Hall–Kier alpha value is -1.62. The number of carbonyl (C=O) groups is 2. The molecule has 2 rings (SSSR count). The second kappa shape index (κ2) is 6.89. The highest BCUT2D eigenvalue weighted by molar-refractivity contribution is 6.31. The van der Waals surface area contributed by atoms with Crippen LogP contribution in [0.3, 0.4) is 0 Å². The molecule has 21 heavy (non-hydrogen) atoms. The van der Waals surface area contributed by atoms with Crippen molar-refractivity contribution in [3.05, 3.63) is 34.6 Å². The fourth-order valence-corrected chi connectivity index (χ4v) is 2.89. The fraction of sp³-hybridized carbons (Fsp3) is 0.467. The summed E-state index contributed by atoms with van der Waals surface area (Å²) < 4.78 is 13.3. The van der Waals surface area contributed by atoms with Crippen LogP contribution in [0.2, 0.25) is 5.02 Å². The molecule has 0 aromatic heterocycles. The van der Waals surface area contributed by atoms with E-state index in [-0.39, 0.29) is 28.8 Å². The lowest BCUT2D eigenvalue weighted by Gasteiger charge is -2.32. The van der Waals surface area contributed by atoms with E-state index in [2.05, 4.69) is 0 Å². The van der Waals surface area contributed by atoms with E-state index < -0.39 is 11.8 Å². The lowest BCUT2D eigenvalue weighted by atomic mass is 9.93. The molecule has 1 aromatic rings. The Labute approximate surface area is 127 Å². The van der Waals surface area contributed by atoms with Crippen LogP contribution in [0.15, 0.2) is 18.2 Å². The van der Waals surface area contributed by atoms with Crippen molar-refractivity contribution in [2.24, 2.45) is 5.92 Å². The van der Waals surface area contributed by atoms with Crippen molar-refractivity contribution in [2.45, 2.75) is 25.7 Å². The third kappa shape index (κ3) is 4.43. The van der Waals surface area contributed by atoms with Crippen LogP contribution in [0.25, 0.3) is 0 Å². The standard InChI is InChI=1S/C15H17ClFNO3/c16-12-6-11(7-13(17)8-12)15(21)18-5-1-2-10(9-18)3-4-14(19)20/h6-8,10H,1-5,9H2,(H,19,20). The summed E-state index contributed by atoms with van der Waals surface area (Å²) in [5.41, 5.74) is 0.235. The average molecular weight is 314 g/mol. The van der Waals surface area contributed by atoms with Gasteiger partial charge in [0.25, 0.3) is 5.91 Å². The van der Waals surface area contributed by atoms with Crippen LogP contribution in [0.4, 0.5) is 4.39 Å². The first-order valence-electron chi connectivity index (χ1n) is 6.93. The number of likely N-dealkylation sites (tertiary alicyclic amines) is 1. The zero-order chi connectivity index (χ0) is 15.4. The predicted octanol–water partition coefficient (Wildman–Crippen LogP) is 3.20. The van der Waals surface area contributed by atoms with Gasteiger partial charge < -0.3 is 10.0 Å². The summed E-state index contributed by atoms with van der Waals surface area (Å²) in [5.74, 6) is -1.43. The van der Waals surface area contributed by atoms with Crippen LogP contribution in [-0.4, -0.2) is 35.0 Å². The Morgan fingerprint density at radius 2 is 2.14 bits per heavy atom. The molecule has 1 amide bonds. The van der Waals surface area contributed by atoms with Gasteiger partial charge in [-0.25, -0.2) is 4.39 Å². The summed E-state index contributed by atoms with van der Waals surface area (Å²) in [5, 5.41) is 8.91. The maximum Gasteiger partial charge on any atom is 0.303 e. The van der Waals surface area contributed by atoms with E-state index >= 15 is 0 Å². The molecule has 0 saturated carbocycles. The van der Waals surface area contributed by atoms with Gasteiger partial charge in [0.15, 0.2) is 0 Å². The molecular formula is C15H17ClFNO3. The smallest absolute Gasteiger partial charge is 0.303 e. The van der Waals surface area contributed by atoms with E-state index in [1.807, 2.05) is 0 Å². The summed E-state index contributed by atoms with van der Waals surface area (Å²) in [6.45, 7) is 1.12. The van der Waals surface area contributed by atoms with Gasteiger partial charge in [-0.05, 0) is 43.4 Å². The van der Waals surface area contributed by atoms with Gasteiger partial charge >= 0.3 is 5.97 Å². The molecule has 0 bridgehead atoms. The Bertz CT molecular complexity index is 529. The van der Waals surface area contributed by atoms with E-state index in [0.29, 0.717) is 19.5 Å². The van der Waals surface area contributed by atoms with Crippen LogP contribution in [0, 0.1) is 11.7 Å². The number of hydrogen-bond acceptors (Lipinski definition) is 2. The highest BCUT2D eigenvalue weighted by atomic mass is 35.5. The quantitative estimate of drug-likeness (QED) is 0.928. The third-order valence-electron chi connectivity index (χ3n) is 3.68. The number of piperidine rings is 1. The van der Waals surface area contributed by atoms with Crippen molar-refractivity contribution in [3.63, 3.8) is 0 Å². The number of aliphatic carboxylic acids is 1. The van der Waals surface area contributed by atoms with Gasteiger partial charge in [-0.15, -0.1) is 0 Å². The van der Waals surface area contributed by atoms with Gasteiger partial charge in [0.1, 0.15) is 5.82 Å². The maximum absolute atomic E-state index is 13.3. The van der Waals surface area contributed by atoms with Crippen LogP contribution < -0.4 is 0 Å². The predicted molar refractivity (Wildman–Crippen MR) is 76.9 cm³/mol. The van der Waals surface area contributed by atoms with E-state index in [1.165, 1.54) is 12.1 Å². The molecule has 114 valence electrons. The normalized spacial score (nSPS) is 18.6. The zero-order valence-electron chi connectivity index (χ0n) is 11.5. The minimum Gasteiger partial charge on any atom is -0.481 e. The van der Waals surface area contributed by atoms with E-state index in [0.717, 1.165) is 18.9 Å². The van der Waals surface area contributed by atoms with Crippen LogP contribution in [0.5, 0.6) is 0 Å². The average Bonchev–Trinajstić information content (AvgIpc) is 2.43. The minimum atomic E-state index is -0.824. The number of halogens is 2. The lowest BCUT2D eigenvalue weighted by Crippen LogP contribution is -2.40. The Kier molecular flexibility index (Phi) is 5.17. The van der Waals surface area contributed by atoms with E-state index in [4.69, 9.17) is 16.7 Å². The first-order chi connectivity index (χ1) is 9.95. The van der Waals surface area contributed by atoms with Crippen molar-refractivity contribution in [1.29, 1.82) is 0 Å². The summed E-state index contributed by atoms with van der Waals surface area (Å²) in [6, 6.07) is 3.78. The molecule has 6 heteroatoms. The van der Waals surface area contributed by atoms with E-state index in [1.54, 1.807) is 4.90 Å². The first kappa shape index (κ1) is 15.8. The molecule has 1 aliphatic heterocycles. The lowest BCUT2D eigenvalue weighted by molar-refractivity contribution is -0.137. The number of hydrogen-bond donors (Lipinski definition) is 1. The third-order valence-corrected chi connectivity index (χ3v) is 3.90. The Morgan fingerprint density at radius 3 is 2.81 bits per heavy atom. The summed E-state index contributed by atoms with van der Waals surface area (Å²) in [4.78, 5) is 24.6. The molecule has 4 nitrogen and oxygen atoms in total. The largest absolute Gasteiger partial charge is 0.481 e. The monoisotopic (exact) mass is 313 g/mol. The fourth-order valence-electron chi connectivity index (χ4n) is 2.67. The van der Waals surface area contributed by atoms with Crippen LogP contribution in [0.1, 0.15) is 36.0 Å². The molecule has 0 aliphatic carbocycles. The van der Waals surface area contributed by atoms with E-state index in [9.17, 15) is 14.0 Å². The number of nitrogens with zero attached hydrogens (tertiary/aromatic N) is 1. The van der Waals surface area contributed by atoms with Gasteiger partial charge in [0.2, 0.25) is 0 Å². The molecule has 1 aliphatic rings. The SMILES string of the molecule is O=C(O)CCC1CCCN(C(=O)c2cc(F)cc(Cl)c2)C1. The first-order valence-corrected chi connectivity index (χ1v) is 7.30. The Morgan fingerprint density at radius 1 is 1.38 bits per heavy atom. The number of carboxylic acids is 1. The molecule has 1 aromatic carbocycles. The number of carbonyl (C=O) groups excluding carboxylic acids is 1. The van der Waals surface area contributed by atoms with Gasteiger partial charge in [0.05, 0.1) is 0 Å². The molecule has 1 N–H and O–H groups in total. The number of benzene rings is 1.